The van der Waals surface area contributed by atoms with Crippen molar-refractivity contribution in [3.63, 3.8) is 0 Å². The van der Waals surface area contributed by atoms with Gasteiger partial charge in [-0.05, 0) is 38.0 Å². The molecule has 1 saturated heterocycles. The molecule has 3 N–H and O–H groups in total. The monoisotopic (exact) mass is 387 g/mol. The van der Waals surface area contributed by atoms with Gasteiger partial charge >= 0.3 is 0 Å². The lowest BCUT2D eigenvalue weighted by Crippen LogP contribution is -2.48. The molecule has 0 unspecified atom stereocenters. The van der Waals surface area contributed by atoms with Crippen LogP contribution in [-0.4, -0.2) is 38.6 Å². The molecule has 1 aliphatic heterocycles. The van der Waals surface area contributed by atoms with Crippen molar-refractivity contribution in [3.05, 3.63) is 41.6 Å². The molecule has 140 valence electrons. The number of piperidine rings is 1. The average Bonchev–Trinajstić information content (AvgIpc) is 2.65. The molecule has 0 bridgehead atoms. The lowest BCUT2D eigenvalue weighted by atomic mass is 9.91. The Kier molecular flexibility index (Phi) is 4.53. The maximum absolute atomic E-state index is 13.7. The molecule has 0 saturated carbocycles. The fourth-order valence-corrected chi connectivity index (χ4v) is 3.13. The van der Waals surface area contributed by atoms with Gasteiger partial charge in [-0.3, -0.25) is 0 Å². The summed E-state index contributed by atoms with van der Waals surface area (Å²) >= 11 is 5.74. The van der Waals surface area contributed by atoms with Crippen LogP contribution in [0.5, 0.6) is 0 Å². The van der Waals surface area contributed by atoms with Gasteiger partial charge in [0.1, 0.15) is 23.2 Å². The second kappa shape index (κ2) is 6.86. The minimum absolute atomic E-state index is 0.0645. The van der Waals surface area contributed by atoms with Crippen LogP contribution in [0.3, 0.4) is 0 Å². The Morgan fingerprint density at radius 3 is 2.74 bits per heavy atom. The molecule has 1 aliphatic rings. The van der Waals surface area contributed by atoms with Gasteiger partial charge in [0.25, 0.3) is 0 Å². The molecule has 2 aromatic heterocycles. The van der Waals surface area contributed by atoms with Crippen LogP contribution < -0.4 is 16.0 Å². The van der Waals surface area contributed by atoms with Crippen molar-refractivity contribution in [1.82, 2.24) is 19.9 Å². The fourth-order valence-electron chi connectivity index (χ4n) is 3.02. The van der Waals surface area contributed by atoms with Crippen molar-refractivity contribution >= 4 is 40.1 Å². The van der Waals surface area contributed by atoms with Crippen LogP contribution in [0.25, 0.3) is 11.0 Å². The van der Waals surface area contributed by atoms with E-state index >= 15 is 0 Å². The molecular formula is C18H19ClFN7. The minimum Gasteiger partial charge on any atom is -0.341 e. The summed E-state index contributed by atoms with van der Waals surface area (Å²) in [7, 11) is 0. The van der Waals surface area contributed by atoms with Gasteiger partial charge in [-0.15, -0.1) is 0 Å². The fraction of sp³-hybridized carbons (Fsp3) is 0.333. The summed E-state index contributed by atoms with van der Waals surface area (Å²) in [5, 5.41) is 3.14. The molecule has 9 heteroatoms. The first-order chi connectivity index (χ1) is 12.9. The first-order valence-corrected chi connectivity index (χ1v) is 9.03. The third-order valence-corrected chi connectivity index (χ3v) is 5.04. The van der Waals surface area contributed by atoms with E-state index < -0.39 is 5.82 Å². The number of aromatic nitrogens is 4. The van der Waals surface area contributed by atoms with E-state index in [1.807, 2.05) is 0 Å². The van der Waals surface area contributed by atoms with E-state index in [0.29, 0.717) is 28.5 Å². The maximum atomic E-state index is 13.7. The van der Waals surface area contributed by atoms with Gasteiger partial charge in [0, 0.05) is 24.3 Å². The molecule has 0 radical (unpaired) electrons. The largest absolute Gasteiger partial charge is 0.341 e. The van der Waals surface area contributed by atoms with Gasteiger partial charge < -0.3 is 16.0 Å². The van der Waals surface area contributed by atoms with Gasteiger partial charge in [0.05, 0.1) is 11.2 Å². The Morgan fingerprint density at radius 1 is 1.22 bits per heavy atom. The molecule has 1 aromatic carbocycles. The molecule has 1 fully saturated rings. The summed E-state index contributed by atoms with van der Waals surface area (Å²) in [6.45, 7) is 3.64. The lowest BCUT2D eigenvalue weighted by molar-refractivity contribution is 0.362. The molecule has 0 amide bonds. The highest BCUT2D eigenvalue weighted by Crippen LogP contribution is 2.27. The first kappa shape index (κ1) is 17.8. The number of anilines is 3. The second-order valence-corrected chi connectivity index (χ2v) is 7.43. The van der Waals surface area contributed by atoms with Crippen molar-refractivity contribution in [2.75, 3.05) is 23.3 Å². The van der Waals surface area contributed by atoms with E-state index in [4.69, 9.17) is 17.3 Å². The van der Waals surface area contributed by atoms with E-state index in [1.165, 1.54) is 18.5 Å². The van der Waals surface area contributed by atoms with Crippen LogP contribution in [-0.2, 0) is 0 Å². The summed E-state index contributed by atoms with van der Waals surface area (Å²) in [4.78, 5) is 19.7. The third-order valence-electron chi connectivity index (χ3n) is 4.74. The number of halogens is 2. The van der Waals surface area contributed by atoms with Crippen molar-refractivity contribution in [2.45, 2.75) is 25.3 Å². The van der Waals surface area contributed by atoms with Crippen molar-refractivity contribution in [1.29, 1.82) is 0 Å². The summed E-state index contributed by atoms with van der Waals surface area (Å²) in [5.41, 5.74) is 7.75. The van der Waals surface area contributed by atoms with E-state index in [0.717, 1.165) is 25.9 Å². The van der Waals surface area contributed by atoms with E-state index in [2.05, 4.69) is 37.1 Å². The number of hydrogen-bond acceptors (Lipinski definition) is 7. The van der Waals surface area contributed by atoms with Gasteiger partial charge in [0.15, 0.2) is 5.82 Å². The number of nitrogens with one attached hydrogen (secondary N) is 1. The summed E-state index contributed by atoms with van der Waals surface area (Å²) < 4.78 is 13.7. The zero-order valence-electron chi connectivity index (χ0n) is 14.8. The highest BCUT2D eigenvalue weighted by Gasteiger charge is 2.27. The van der Waals surface area contributed by atoms with Crippen LogP contribution in [0.15, 0.2) is 30.7 Å². The molecule has 4 rings (SSSR count). The SMILES string of the molecule is CC1(N)CCN(c2ncc3ncnc(Nc4ccc(Cl)c(F)c4)c3n2)CC1. The Hall–Kier alpha value is -2.58. The molecule has 0 aliphatic carbocycles. The molecule has 0 spiro atoms. The topological polar surface area (TPSA) is 92.9 Å². The van der Waals surface area contributed by atoms with E-state index in [-0.39, 0.29) is 10.6 Å². The molecule has 3 heterocycles. The quantitative estimate of drug-likeness (QED) is 0.712. The normalized spacial score (nSPS) is 16.5. The average molecular weight is 388 g/mol. The molecule has 7 nitrogen and oxygen atoms in total. The van der Waals surface area contributed by atoms with E-state index in [9.17, 15) is 4.39 Å². The van der Waals surface area contributed by atoms with Crippen molar-refractivity contribution < 1.29 is 4.39 Å². The van der Waals surface area contributed by atoms with Gasteiger partial charge in [-0.1, -0.05) is 11.6 Å². The Balaban J connectivity index is 1.66. The standard InChI is InChI=1S/C18H19ClFN7/c1-18(21)4-6-27(7-5-18)17-22-9-14-15(26-17)16(24-10-23-14)25-11-2-3-12(19)13(20)8-11/h2-3,8-10H,4-7,21H2,1H3,(H,23,24,25). The van der Waals surface area contributed by atoms with Crippen LogP contribution in [0.2, 0.25) is 5.02 Å². The number of hydrogen-bond donors (Lipinski definition) is 2. The molecule has 3 aromatic rings. The van der Waals surface area contributed by atoms with Gasteiger partial charge in [-0.25, -0.2) is 24.3 Å². The Labute approximate surface area is 160 Å². The highest BCUT2D eigenvalue weighted by atomic mass is 35.5. The molecule has 0 atom stereocenters. The Morgan fingerprint density at radius 2 is 2.00 bits per heavy atom. The number of benzene rings is 1. The smallest absolute Gasteiger partial charge is 0.226 e. The van der Waals surface area contributed by atoms with Crippen LogP contribution in [0.4, 0.5) is 21.8 Å². The number of nitrogens with zero attached hydrogens (tertiary/aromatic N) is 5. The van der Waals surface area contributed by atoms with Gasteiger partial charge in [0.2, 0.25) is 5.95 Å². The zero-order valence-corrected chi connectivity index (χ0v) is 15.5. The predicted octanol–water partition coefficient (Wildman–Crippen LogP) is 3.27. The predicted molar refractivity (Wildman–Crippen MR) is 104 cm³/mol. The van der Waals surface area contributed by atoms with Gasteiger partial charge in [-0.2, -0.15) is 0 Å². The van der Waals surface area contributed by atoms with Crippen LogP contribution >= 0.6 is 11.6 Å². The summed E-state index contributed by atoms with van der Waals surface area (Å²) in [6.07, 6.45) is 4.83. The number of nitrogens with two attached hydrogens (primary N) is 1. The van der Waals surface area contributed by atoms with Crippen LogP contribution in [0, 0.1) is 5.82 Å². The summed E-state index contributed by atoms with van der Waals surface area (Å²) in [6, 6.07) is 4.47. The Bertz CT molecular complexity index is 985. The lowest BCUT2D eigenvalue weighted by Gasteiger charge is -2.36. The first-order valence-electron chi connectivity index (χ1n) is 8.65. The number of fused-ring (bicyclic) bond motifs is 1. The zero-order chi connectivity index (χ0) is 19.0. The molecule has 27 heavy (non-hydrogen) atoms. The van der Waals surface area contributed by atoms with E-state index in [1.54, 1.807) is 12.3 Å². The maximum Gasteiger partial charge on any atom is 0.226 e. The number of rotatable bonds is 3. The minimum atomic E-state index is -0.506. The summed E-state index contributed by atoms with van der Waals surface area (Å²) in [5.74, 6) is 0.581. The van der Waals surface area contributed by atoms with Crippen molar-refractivity contribution in [2.24, 2.45) is 5.73 Å². The van der Waals surface area contributed by atoms with Crippen LogP contribution in [0.1, 0.15) is 19.8 Å². The highest BCUT2D eigenvalue weighted by molar-refractivity contribution is 6.30. The third kappa shape index (κ3) is 3.77. The second-order valence-electron chi connectivity index (χ2n) is 7.02. The molecular weight excluding hydrogens is 369 g/mol. The van der Waals surface area contributed by atoms with Crippen molar-refractivity contribution in [3.8, 4) is 0 Å².